The van der Waals surface area contributed by atoms with Gasteiger partial charge in [0.15, 0.2) is 11.5 Å². The number of benzene rings is 3. The van der Waals surface area contributed by atoms with Crippen LogP contribution < -0.4 is 19.6 Å². The lowest BCUT2D eigenvalue weighted by Crippen LogP contribution is -2.27. The highest BCUT2D eigenvalue weighted by molar-refractivity contribution is 8.00. The Labute approximate surface area is 233 Å². The molecule has 1 aromatic heterocycles. The van der Waals surface area contributed by atoms with E-state index in [4.69, 9.17) is 25.8 Å². The number of ether oxygens (including phenoxy) is 3. The van der Waals surface area contributed by atoms with Gasteiger partial charge in [0, 0.05) is 5.56 Å². The zero-order valence-electron chi connectivity index (χ0n) is 21.2. The third-order valence-corrected chi connectivity index (χ3v) is 6.81. The topological polar surface area (TPSA) is 113 Å². The van der Waals surface area contributed by atoms with Gasteiger partial charge in [-0.3, -0.25) is 4.79 Å². The van der Waals surface area contributed by atoms with Crippen LogP contribution in [0.25, 0.3) is 5.69 Å². The minimum Gasteiger partial charge on any atom is -0.497 e. The number of nitrogens with one attached hydrogen (secondary N) is 1. The smallest absolute Gasteiger partial charge is 0.253 e. The van der Waals surface area contributed by atoms with E-state index in [2.05, 4.69) is 26.1 Å². The number of rotatable bonds is 11. The molecule has 0 spiro atoms. The first-order valence-electron chi connectivity index (χ1n) is 11.6. The van der Waals surface area contributed by atoms with Crippen molar-refractivity contribution in [1.29, 1.82) is 0 Å². The third kappa shape index (κ3) is 7.03. The third-order valence-electron chi connectivity index (χ3n) is 5.42. The lowest BCUT2D eigenvalue weighted by atomic mass is 10.2. The molecule has 0 bridgehead atoms. The fraction of sp³-hybridized carbons (Fsp3) is 0.192. The Morgan fingerprint density at radius 2 is 1.95 bits per heavy atom. The first-order chi connectivity index (χ1) is 18.9. The fourth-order valence-corrected chi connectivity index (χ4v) is 4.33. The van der Waals surface area contributed by atoms with Crippen LogP contribution in [0.3, 0.4) is 0 Å². The summed E-state index contributed by atoms with van der Waals surface area (Å²) in [6, 6.07) is 16.7. The molecule has 3 aromatic carbocycles. The summed E-state index contributed by atoms with van der Waals surface area (Å²) < 4.78 is 31.8. The lowest BCUT2D eigenvalue weighted by Gasteiger charge is -2.12. The molecule has 0 aliphatic carbocycles. The molecule has 1 amide bonds. The van der Waals surface area contributed by atoms with Crippen molar-refractivity contribution < 1.29 is 23.4 Å². The van der Waals surface area contributed by atoms with Crippen LogP contribution in [0.5, 0.6) is 17.2 Å². The molecule has 0 saturated heterocycles. The van der Waals surface area contributed by atoms with E-state index in [1.54, 1.807) is 50.4 Å². The second-order valence-electron chi connectivity index (χ2n) is 7.96. The zero-order valence-corrected chi connectivity index (χ0v) is 22.7. The van der Waals surface area contributed by atoms with Crippen molar-refractivity contribution >= 4 is 35.5 Å². The molecule has 1 heterocycles. The van der Waals surface area contributed by atoms with Crippen LogP contribution in [0.15, 0.2) is 70.9 Å². The fourth-order valence-electron chi connectivity index (χ4n) is 3.31. The van der Waals surface area contributed by atoms with E-state index >= 15 is 0 Å². The van der Waals surface area contributed by atoms with Gasteiger partial charge in [0.05, 0.1) is 36.4 Å². The highest BCUT2D eigenvalue weighted by atomic mass is 35.5. The number of thioether (sulfide) groups is 1. The SMILES string of the molecule is COc1ccc(-n2nnnc2SC(C)C(=O)NN=Cc2ccc(OCc3c(F)cccc3Cl)c(OC)c2)cc1. The van der Waals surface area contributed by atoms with E-state index < -0.39 is 11.1 Å². The van der Waals surface area contributed by atoms with Gasteiger partial charge in [0.2, 0.25) is 5.16 Å². The molecule has 10 nitrogen and oxygen atoms in total. The van der Waals surface area contributed by atoms with Crippen molar-refractivity contribution in [2.75, 3.05) is 14.2 Å². The van der Waals surface area contributed by atoms with Gasteiger partial charge in [-0.05, 0) is 77.5 Å². The van der Waals surface area contributed by atoms with Crippen LogP contribution in [0.4, 0.5) is 4.39 Å². The second kappa shape index (κ2) is 13.1. The number of hydrazone groups is 1. The van der Waals surface area contributed by atoms with E-state index in [1.165, 1.54) is 41.9 Å². The first kappa shape index (κ1) is 27.9. The average Bonchev–Trinajstić information content (AvgIpc) is 3.41. The molecule has 4 rings (SSSR count). The number of methoxy groups -OCH3 is 2. The summed E-state index contributed by atoms with van der Waals surface area (Å²) >= 11 is 7.25. The molecular weight excluding hydrogens is 547 g/mol. The van der Waals surface area contributed by atoms with E-state index in [-0.39, 0.29) is 23.1 Å². The molecule has 13 heteroatoms. The van der Waals surface area contributed by atoms with Gasteiger partial charge in [-0.15, -0.1) is 5.10 Å². The second-order valence-corrected chi connectivity index (χ2v) is 9.68. The van der Waals surface area contributed by atoms with Crippen LogP contribution in [0.2, 0.25) is 5.02 Å². The van der Waals surface area contributed by atoms with Crippen LogP contribution in [-0.2, 0) is 11.4 Å². The molecule has 1 atom stereocenters. The van der Waals surface area contributed by atoms with Crippen LogP contribution in [0.1, 0.15) is 18.1 Å². The molecule has 0 saturated carbocycles. The Morgan fingerprint density at radius 1 is 1.15 bits per heavy atom. The van der Waals surface area contributed by atoms with Gasteiger partial charge in [-0.25, -0.2) is 9.82 Å². The van der Waals surface area contributed by atoms with Gasteiger partial charge >= 0.3 is 0 Å². The summed E-state index contributed by atoms with van der Waals surface area (Å²) in [5.74, 6) is 0.725. The molecule has 4 aromatic rings. The molecule has 0 fully saturated rings. The van der Waals surface area contributed by atoms with Crippen LogP contribution >= 0.6 is 23.4 Å². The Bertz CT molecular complexity index is 1450. The van der Waals surface area contributed by atoms with E-state index in [0.717, 1.165) is 5.69 Å². The first-order valence-corrected chi connectivity index (χ1v) is 12.8. The minimum atomic E-state index is -0.541. The lowest BCUT2D eigenvalue weighted by molar-refractivity contribution is -0.120. The molecule has 1 unspecified atom stereocenters. The predicted octanol–water partition coefficient (Wildman–Crippen LogP) is 4.68. The standard InChI is InChI=1S/C26H24ClFN6O4S/c1-16(39-26-31-32-33-34(26)18-8-10-19(36-2)11-9-18)25(35)30-29-14-17-7-12-23(24(13-17)37-3)38-15-20-21(27)5-4-6-22(20)28/h4-14,16H,15H2,1-3H3,(H,30,35). The van der Waals surface area contributed by atoms with Crippen LogP contribution in [0, 0.1) is 5.82 Å². The maximum absolute atomic E-state index is 14.0. The molecular formula is C26H24ClFN6O4S. The number of carbonyl (C=O) groups excluding carboxylic acids is 1. The van der Waals surface area contributed by atoms with E-state index in [1.807, 2.05) is 12.1 Å². The molecule has 0 radical (unpaired) electrons. The monoisotopic (exact) mass is 570 g/mol. The Hall–Kier alpha value is -4.16. The Balaban J connectivity index is 1.34. The molecule has 0 aliphatic heterocycles. The van der Waals surface area contributed by atoms with Crippen LogP contribution in [-0.4, -0.2) is 51.8 Å². The number of carbonyl (C=O) groups is 1. The van der Waals surface area contributed by atoms with E-state index in [0.29, 0.717) is 28.0 Å². The quantitative estimate of drug-likeness (QED) is 0.157. The number of halogens is 2. The Morgan fingerprint density at radius 3 is 2.67 bits per heavy atom. The molecule has 0 aliphatic rings. The number of amides is 1. The van der Waals surface area contributed by atoms with Gasteiger partial charge in [-0.1, -0.05) is 29.4 Å². The molecule has 39 heavy (non-hydrogen) atoms. The maximum Gasteiger partial charge on any atom is 0.253 e. The van der Waals surface area contributed by atoms with Gasteiger partial charge < -0.3 is 14.2 Å². The normalized spacial score (nSPS) is 11.8. The zero-order chi connectivity index (χ0) is 27.8. The summed E-state index contributed by atoms with van der Waals surface area (Å²) in [6.45, 7) is 1.65. The number of tetrazole rings is 1. The number of hydrogen-bond donors (Lipinski definition) is 1. The van der Waals surface area contributed by atoms with Crippen molar-refractivity contribution in [3.05, 3.63) is 82.6 Å². The summed E-state index contributed by atoms with van der Waals surface area (Å²) in [5, 5.41) is 16.0. The van der Waals surface area contributed by atoms with E-state index in [9.17, 15) is 9.18 Å². The summed E-state index contributed by atoms with van der Waals surface area (Å²) in [5.41, 5.74) is 4.14. The number of hydrogen-bond acceptors (Lipinski definition) is 9. The summed E-state index contributed by atoms with van der Waals surface area (Å²) in [7, 11) is 3.07. The van der Waals surface area contributed by atoms with Gasteiger partial charge in [-0.2, -0.15) is 9.78 Å². The summed E-state index contributed by atoms with van der Waals surface area (Å²) in [6.07, 6.45) is 1.47. The number of nitrogens with zero attached hydrogens (tertiary/aromatic N) is 5. The highest BCUT2D eigenvalue weighted by Crippen LogP contribution is 2.30. The predicted molar refractivity (Wildman–Crippen MR) is 145 cm³/mol. The summed E-state index contributed by atoms with van der Waals surface area (Å²) in [4.78, 5) is 12.6. The average molecular weight is 571 g/mol. The molecule has 1 N–H and O–H groups in total. The Kier molecular flexibility index (Phi) is 9.34. The van der Waals surface area contributed by atoms with Crippen molar-refractivity contribution in [1.82, 2.24) is 25.6 Å². The van der Waals surface area contributed by atoms with Crippen molar-refractivity contribution in [3.8, 4) is 22.9 Å². The molecule has 202 valence electrons. The van der Waals surface area contributed by atoms with Crippen molar-refractivity contribution in [3.63, 3.8) is 0 Å². The largest absolute Gasteiger partial charge is 0.497 e. The van der Waals surface area contributed by atoms with Gasteiger partial charge in [0.1, 0.15) is 18.2 Å². The van der Waals surface area contributed by atoms with Crippen molar-refractivity contribution in [2.45, 2.75) is 23.9 Å². The highest BCUT2D eigenvalue weighted by Gasteiger charge is 2.19. The minimum absolute atomic E-state index is 0.0668. The van der Waals surface area contributed by atoms with Gasteiger partial charge in [0.25, 0.3) is 5.91 Å². The van der Waals surface area contributed by atoms with Crippen molar-refractivity contribution in [2.24, 2.45) is 5.10 Å². The maximum atomic E-state index is 14.0. The number of aromatic nitrogens is 4.